The average molecular weight is 289 g/mol. The summed E-state index contributed by atoms with van der Waals surface area (Å²) in [5.41, 5.74) is -1.22. The first-order valence-corrected chi connectivity index (χ1v) is 7.73. The van der Waals surface area contributed by atoms with Crippen LogP contribution in [-0.2, 0) is 29.2 Å². The molecule has 2 aliphatic carbocycles. The molecule has 1 aliphatic heterocycles. The summed E-state index contributed by atoms with van der Waals surface area (Å²) in [6.07, 6.45) is 1.97. The molecule has 0 radical (unpaired) electrons. The summed E-state index contributed by atoms with van der Waals surface area (Å²) < 4.78 is 41.4. The minimum absolute atomic E-state index is 0.152. The van der Waals surface area contributed by atoms with E-state index in [-0.39, 0.29) is 23.7 Å². The van der Waals surface area contributed by atoms with Gasteiger partial charge >= 0.3 is 11.9 Å². The van der Waals surface area contributed by atoms with Crippen molar-refractivity contribution in [2.75, 3.05) is 12.4 Å². The normalized spacial score (nSPS) is 39.4. The van der Waals surface area contributed by atoms with Crippen molar-refractivity contribution in [3.05, 3.63) is 0 Å². The van der Waals surface area contributed by atoms with Crippen LogP contribution >= 0.6 is 0 Å². The van der Waals surface area contributed by atoms with E-state index < -0.39 is 34.0 Å². The fourth-order valence-electron chi connectivity index (χ4n) is 3.67. The Hall–Kier alpha value is -1.15. The van der Waals surface area contributed by atoms with Crippen molar-refractivity contribution in [1.29, 1.82) is 0 Å². The molecule has 4 atom stereocenters. The Morgan fingerprint density at radius 3 is 2.84 bits per heavy atom. The van der Waals surface area contributed by atoms with E-state index in [0.29, 0.717) is 6.42 Å². The molecule has 0 aromatic carbocycles. The van der Waals surface area contributed by atoms with Gasteiger partial charge in [-0.25, -0.2) is 13.2 Å². The molecule has 0 aromatic heterocycles. The zero-order valence-corrected chi connectivity index (χ0v) is 10.9. The molecule has 3 aliphatic rings. The zero-order chi connectivity index (χ0) is 13.8. The summed E-state index contributed by atoms with van der Waals surface area (Å²) in [6.45, 7) is -0.494. The van der Waals surface area contributed by atoms with Gasteiger partial charge in [-0.05, 0) is 18.8 Å². The summed E-state index contributed by atoms with van der Waals surface area (Å²) in [7, 11) is -4.42. The molecule has 0 amide bonds. The van der Waals surface area contributed by atoms with Crippen molar-refractivity contribution in [3.63, 3.8) is 0 Å². The molecule has 3 rings (SSSR count). The fourth-order valence-corrected chi connectivity index (χ4v) is 3.96. The van der Waals surface area contributed by atoms with Gasteiger partial charge in [-0.3, -0.25) is 4.79 Å². The van der Waals surface area contributed by atoms with Gasteiger partial charge in [0.15, 0.2) is 0 Å². The lowest BCUT2D eigenvalue weighted by atomic mass is 9.80. The molecule has 3 fully saturated rings. The third kappa shape index (κ3) is 1.93. The second-order valence-electron chi connectivity index (χ2n) is 5.46. The van der Waals surface area contributed by atoms with Crippen LogP contribution in [0.25, 0.3) is 0 Å². The van der Waals surface area contributed by atoms with Crippen molar-refractivity contribution < 1.29 is 32.0 Å². The quantitative estimate of drug-likeness (QED) is 0.502. The highest BCUT2D eigenvalue weighted by atomic mass is 32.2. The van der Waals surface area contributed by atoms with E-state index in [9.17, 15) is 22.6 Å². The molecule has 1 heterocycles. The summed E-state index contributed by atoms with van der Waals surface area (Å²) in [5.74, 6) is -1.92. The largest absolute Gasteiger partial charge is 0.748 e. The van der Waals surface area contributed by atoms with Gasteiger partial charge in [0.2, 0.25) is 5.60 Å². The monoisotopic (exact) mass is 289 g/mol. The van der Waals surface area contributed by atoms with E-state index in [1.165, 1.54) is 0 Å². The first-order valence-electron chi connectivity index (χ1n) is 6.15. The molecule has 19 heavy (non-hydrogen) atoms. The van der Waals surface area contributed by atoms with Crippen LogP contribution in [0.15, 0.2) is 0 Å². The molecule has 2 saturated carbocycles. The lowest BCUT2D eigenvalue weighted by molar-refractivity contribution is -0.175. The molecule has 106 valence electrons. The van der Waals surface area contributed by atoms with E-state index >= 15 is 0 Å². The number of esters is 2. The van der Waals surface area contributed by atoms with Crippen LogP contribution in [-0.4, -0.2) is 42.9 Å². The van der Waals surface area contributed by atoms with Crippen molar-refractivity contribution >= 4 is 22.1 Å². The maximum absolute atomic E-state index is 12.0. The van der Waals surface area contributed by atoms with Crippen molar-refractivity contribution in [2.24, 2.45) is 17.8 Å². The Labute approximate surface area is 110 Å². The molecular formula is C11H13O7S-. The van der Waals surface area contributed by atoms with Crippen LogP contribution in [0.2, 0.25) is 0 Å². The van der Waals surface area contributed by atoms with Crippen LogP contribution in [0.4, 0.5) is 0 Å². The topological polar surface area (TPSA) is 110 Å². The second kappa shape index (κ2) is 3.92. The molecule has 2 bridgehead atoms. The first-order chi connectivity index (χ1) is 8.82. The molecule has 0 aromatic rings. The minimum atomic E-state index is -4.42. The van der Waals surface area contributed by atoms with E-state index in [2.05, 4.69) is 0 Å². The van der Waals surface area contributed by atoms with Gasteiger partial charge in [-0.2, -0.15) is 0 Å². The maximum atomic E-state index is 12.0. The molecular weight excluding hydrogens is 276 g/mol. The maximum Gasteiger partial charge on any atom is 0.350 e. The van der Waals surface area contributed by atoms with Gasteiger partial charge in [0.1, 0.15) is 6.61 Å². The zero-order valence-electron chi connectivity index (χ0n) is 10.0. The molecule has 0 spiro atoms. The predicted octanol–water partition coefficient (Wildman–Crippen LogP) is -0.583. The Morgan fingerprint density at radius 1 is 1.47 bits per heavy atom. The molecule has 1 saturated heterocycles. The Morgan fingerprint density at radius 2 is 2.21 bits per heavy atom. The lowest BCUT2D eigenvalue weighted by Crippen LogP contribution is -2.44. The minimum Gasteiger partial charge on any atom is -0.748 e. The van der Waals surface area contributed by atoms with Gasteiger partial charge < -0.3 is 14.0 Å². The van der Waals surface area contributed by atoms with Gasteiger partial charge in [0.05, 0.1) is 21.8 Å². The third-order valence-corrected chi connectivity index (χ3v) is 5.02. The number of ether oxygens (including phenoxy) is 2. The van der Waals surface area contributed by atoms with Crippen molar-refractivity contribution in [1.82, 2.24) is 0 Å². The van der Waals surface area contributed by atoms with Crippen molar-refractivity contribution in [2.45, 2.75) is 24.9 Å². The average Bonchev–Trinajstić information content (AvgIpc) is 2.86. The SMILES string of the molecule is O=C1OC2(C(=O)OCCS(=O)(=O)[O-])CC3CC1C2C3. The summed E-state index contributed by atoms with van der Waals surface area (Å²) in [6, 6.07) is 0. The van der Waals surface area contributed by atoms with Gasteiger partial charge in [-0.15, -0.1) is 0 Å². The summed E-state index contributed by atoms with van der Waals surface area (Å²) >= 11 is 0. The van der Waals surface area contributed by atoms with Crippen LogP contribution in [0.3, 0.4) is 0 Å². The smallest absolute Gasteiger partial charge is 0.350 e. The molecule has 8 heteroatoms. The second-order valence-corrected chi connectivity index (χ2v) is 6.99. The Kier molecular flexibility index (Phi) is 2.66. The highest BCUT2D eigenvalue weighted by Crippen LogP contribution is 2.60. The Balaban J connectivity index is 1.69. The molecule has 4 unspecified atom stereocenters. The molecule has 7 nitrogen and oxygen atoms in total. The number of hydrogen-bond donors (Lipinski definition) is 0. The van der Waals surface area contributed by atoms with E-state index in [0.717, 1.165) is 12.8 Å². The lowest BCUT2D eigenvalue weighted by Gasteiger charge is -2.27. The van der Waals surface area contributed by atoms with E-state index in [1.807, 2.05) is 0 Å². The number of rotatable bonds is 4. The summed E-state index contributed by atoms with van der Waals surface area (Å²) in [4.78, 5) is 23.7. The van der Waals surface area contributed by atoms with Gasteiger partial charge in [0.25, 0.3) is 0 Å². The highest BCUT2D eigenvalue weighted by molar-refractivity contribution is 7.85. The summed E-state index contributed by atoms with van der Waals surface area (Å²) in [5, 5.41) is 0. The third-order valence-electron chi connectivity index (χ3n) is 4.35. The Bertz CT molecular complexity index is 539. The highest BCUT2D eigenvalue weighted by Gasteiger charge is 2.69. The predicted molar refractivity (Wildman–Crippen MR) is 58.7 cm³/mol. The van der Waals surface area contributed by atoms with Crippen LogP contribution in [0.1, 0.15) is 19.3 Å². The van der Waals surface area contributed by atoms with E-state index in [4.69, 9.17) is 9.47 Å². The number of hydrogen-bond acceptors (Lipinski definition) is 7. The standard InChI is InChI=1S/C11H14O7S/c12-9-7-3-6-4-8(7)11(5-6,18-9)10(13)17-1-2-19(14,15)16/h6-8H,1-5H2,(H,14,15,16)/p-1. The molecule has 0 N–H and O–H groups in total. The van der Waals surface area contributed by atoms with Crippen LogP contribution in [0.5, 0.6) is 0 Å². The van der Waals surface area contributed by atoms with Gasteiger partial charge in [-0.1, -0.05) is 0 Å². The van der Waals surface area contributed by atoms with E-state index in [1.54, 1.807) is 0 Å². The van der Waals surface area contributed by atoms with Crippen molar-refractivity contribution in [3.8, 4) is 0 Å². The van der Waals surface area contributed by atoms with Crippen LogP contribution < -0.4 is 0 Å². The number of carbonyl (C=O) groups is 2. The number of fused-ring (bicyclic) bond motifs is 1. The first kappa shape index (κ1) is 12.9. The van der Waals surface area contributed by atoms with Crippen LogP contribution in [0, 0.1) is 17.8 Å². The fraction of sp³-hybridized carbons (Fsp3) is 0.818. The number of carbonyl (C=O) groups excluding carboxylic acids is 2. The van der Waals surface area contributed by atoms with Gasteiger partial charge in [0, 0.05) is 12.3 Å².